The van der Waals surface area contributed by atoms with E-state index in [0.717, 1.165) is 25.7 Å². The monoisotopic (exact) mass is 480 g/mol. The van der Waals surface area contributed by atoms with E-state index in [1.807, 2.05) is 0 Å². The van der Waals surface area contributed by atoms with Crippen molar-refractivity contribution in [2.75, 3.05) is 46.1 Å². The maximum atomic E-state index is 13.0. The summed E-state index contributed by atoms with van der Waals surface area (Å²) in [7, 11) is -3.52. The van der Waals surface area contributed by atoms with Gasteiger partial charge in [0.15, 0.2) is 6.79 Å². The van der Waals surface area contributed by atoms with Gasteiger partial charge in [-0.05, 0) is 18.9 Å². The van der Waals surface area contributed by atoms with Crippen molar-refractivity contribution in [1.82, 2.24) is 13.5 Å². The molecule has 0 aliphatic carbocycles. The Morgan fingerprint density at radius 2 is 1.67 bits per heavy atom. The van der Waals surface area contributed by atoms with Gasteiger partial charge in [-0.2, -0.15) is 17.0 Å². The first-order chi connectivity index (χ1) is 15.9. The number of hydrogen-bond donors (Lipinski definition) is 0. The fraction of sp³-hybridized carbons (Fsp3) is 0.571. The Kier molecular flexibility index (Phi) is 7.27. The molecule has 2 fully saturated rings. The van der Waals surface area contributed by atoms with Crippen molar-refractivity contribution in [3.05, 3.63) is 39.4 Å². The van der Waals surface area contributed by atoms with Gasteiger partial charge < -0.3 is 14.4 Å². The number of benzene rings is 1. The molecule has 0 aromatic heterocycles. The van der Waals surface area contributed by atoms with Crippen LogP contribution >= 0.6 is 0 Å². The number of amides is 1. The van der Waals surface area contributed by atoms with Crippen LogP contribution in [0.5, 0.6) is 5.75 Å². The standard InChI is InChI=1S/C21H28N4O7S/c26-20(6-5-17-13-19(25(27)28)14-18-15-31-16-32-21(17)18)22-9-11-24(12-10-22)33(29,30)23-7-3-1-2-4-8-23/h5-6,13-14H,1-4,7-12,15-16H2/b6-5+. The molecule has 3 aliphatic heterocycles. The number of ether oxygens (including phenoxy) is 2. The fourth-order valence-electron chi connectivity index (χ4n) is 4.30. The molecule has 1 aromatic rings. The summed E-state index contributed by atoms with van der Waals surface area (Å²) in [5.41, 5.74) is 0.871. The zero-order chi connectivity index (χ0) is 23.4. The summed E-state index contributed by atoms with van der Waals surface area (Å²) in [5.74, 6) is 0.179. The highest BCUT2D eigenvalue weighted by molar-refractivity contribution is 7.86. The number of hydrogen-bond acceptors (Lipinski definition) is 7. The summed E-state index contributed by atoms with van der Waals surface area (Å²) in [6.45, 7) is 2.37. The lowest BCUT2D eigenvalue weighted by Crippen LogP contribution is -2.54. The second kappa shape index (κ2) is 10.2. The molecule has 180 valence electrons. The van der Waals surface area contributed by atoms with E-state index in [1.165, 1.54) is 28.6 Å². The van der Waals surface area contributed by atoms with Crippen molar-refractivity contribution >= 4 is 27.9 Å². The lowest BCUT2D eigenvalue weighted by molar-refractivity contribution is -0.385. The van der Waals surface area contributed by atoms with Gasteiger partial charge in [-0.25, -0.2) is 0 Å². The van der Waals surface area contributed by atoms with Crippen LogP contribution in [0.2, 0.25) is 0 Å². The Morgan fingerprint density at radius 1 is 1.00 bits per heavy atom. The highest BCUT2D eigenvalue weighted by atomic mass is 32.2. The zero-order valence-corrected chi connectivity index (χ0v) is 19.2. The van der Waals surface area contributed by atoms with Gasteiger partial charge in [0.05, 0.1) is 11.5 Å². The second-order valence-corrected chi connectivity index (χ2v) is 10.2. The number of carbonyl (C=O) groups is 1. The highest BCUT2D eigenvalue weighted by Crippen LogP contribution is 2.33. The van der Waals surface area contributed by atoms with Gasteiger partial charge in [0.1, 0.15) is 5.75 Å². The van der Waals surface area contributed by atoms with Gasteiger partial charge in [-0.3, -0.25) is 14.9 Å². The van der Waals surface area contributed by atoms with E-state index in [-0.39, 0.29) is 51.2 Å². The summed E-state index contributed by atoms with van der Waals surface area (Å²) in [4.78, 5) is 25.0. The third-order valence-electron chi connectivity index (χ3n) is 6.11. The normalized spacial score (nSPS) is 20.8. The summed E-state index contributed by atoms with van der Waals surface area (Å²) >= 11 is 0. The van der Waals surface area contributed by atoms with Crippen LogP contribution in [0.15, 0.2) is 18.2 Å². The van der Waals surface area contributed by atoms with E-state index in [9.17, 15) is 23.3 Å². The lowest BCUT2D eigenvalue weighted by atomic mass is 10.1. The van der Waals surface area contributed by atoms with Gasteiger partial charge in [-0.1, -0.05) is 12.8 Å². The Morgan fingerprint density at radius 3 is 2.33 bits per heavy atom. The topological polar surface area (TPSA) is 123 Å². The molecule has 0 spiro atoms. The third kappa shape index (κ3) is 5.35. The van der Waals surface area contributed by atoms with Crippen molar-refractivity contribution in [3.8, 4) is 5.75 Å². The molecule has 1 aromatic carbocycles. The van der Waals surface area contributed by atoms with E-state index in [1.54, 1.807) is 9.21 Å². The number of nitro groups is 1. The summed E-state index contributed by atoms with van der Waals surface area (Å²) in [5, 5.41) is 11.2. The molecule has 3 heterocycles. The number of fused-ring (bicyclic) bond motifs is 1. The molecule has 12 heteroatoms. The highest BCUT2D eigenvalue weighted by Gasteiger charge is 2.33. The van der Waals surface area contributed by atoms with E-state index in [2.05, 4.69) is 0 Å². The summed E-state index contributed by atoms with van der Waals surface area (Å²) < 4.78 is 39.6. The van der Waals surface area contributed by atoms with Crippen LogP contribution in [0.1, 0.15) is 36.8 Å². The van der Waals surface area contributed by atoms with Crippen LogP contribution in [0.25, 0.3) is 6.08 Å². The molecule has 2 saturated heterocycles. The molecule has 0 bridgehead atoms. The first-order valence-electron chi connectivity index (χ1n) is 11.1. The number of nitro benzene ring substituents is 1. The maximum Gasteiger partial charge on any atom is 0.282 e. The first kappa shape index (κ1) is 23.6. The third-order valence-corrected chi connectivity index (χ3v) is 8.14. The van der Waals surface area contributed by atoms with E-state index >= 15 is 0 Å². The molecule has 1 amide bonds. The number of rotatable bonds is 5. The number of carbonyl (C=O) groups excluding carboxylic acids is 1. The van der Waals surface area contributed by atoms with Crippen LogP contribution < -0.4 is 4.74 Å². The number of piperazine rings is 1. The summed E-state index contributed by atoms with van der Waals surface area (Å²) in [6.07, 6.45) is 6.69. The van der Waals surface area contributed by atoms with Gasteiger partial charge in [0.25, 0.3) is 15.9 Å². The minimum Gasteiger partial charge on any atom is -0.467 e. The average molecular weight is 481 g/mol. The number of nitrogens with zero attached hydrogens (tertiary/aromatic N) is 4. The first-order valence-corrected chi connectivity index (χ1v) is 12.5. The van der Waals surface area contributed by atoms with Crippen molar-refractivity contribution in [2.45, 2.75) is 32.3 Å². The average Bonchev–Trinajstić information content (AvgIpc) is 3.12. The smallest absolute Gasteiger partial charge is 0.282 e. The van der Waals surface area contributed by atoms with Gasteiger partial charge in [-0.15, -0.1) is 0 Å². The molecule has 11 nitrogen and oxygen atoms in total. The maximum absolute atomic E-state index is 13.0. The zero-order valence-electron chi connectivity index (χ0n) is 18.3. The van der Waals surface area contributed by atoms with Crippen LogP contribution in [-0.4, -0.2) is 78.8 Å². The van der Waals surface area contributed by atoms with Gasteiger partial charge in [0.2, 0.25) is 5.91 Å². The molecule has 4 rings (SSSR count). The van der Waals surface area contributed by atoms with Crippen LogP contribution in [0.4, 0.5) is 5.69 Å². The predicted octanol–water partition coefficient (Wildman–Crippen LogP) is 1.74. The SMILES string of the molecule is O=C(/C=C/c1cc([N+](=O)[O-])cc2c1OCOC2)N1CCN(S(=O)(=O)N2CCCCCC2)CC1. The van der Waals surface area contributed by atoms with E-state index in [4.69, 9.17) is 9.47 Å². The van der Waals surface area contributed by atoms with Gasteiger partial charge >= 0.3 is 0 Å². The second-order valence-electron chi connectivity index (χ2n) is 8.27. The predicted molar refractivity (Wildman–Crippen MR) is 120 cm³/mol. The van der Waals surface area contributed by atoms with Crippen LogP contribution in [-0.2, 0) is 26.3 Å². The molecular weight excluding hydrogens is 452 g/mol. The van der Waals surface area contributed by atoms with Crippen LogP contribution in [0, 0.1) is 10.1 Å². The molecule has 0 saturated carbocycles. The Hall–Kier alpha value is -2.54. The lowest BCUT2D eigenvalue weighted by Gasteiger charge is -2.36. The van der Waals surface area contributed by atoms with Gasteiger partial charge in [0, 0.05) is 68.6 Å². The minimum absolute atomic E-state index is 0.0348. The minimum atomic E-state index is -3.52. The molecule has 0 N–H and O–H groups in total. The van der Waals surface area contributed by atoms with Crippen molar-refractivity contribution in [1.29, 1.82) is 0 Å². The summed E-state index contributed by atoms with van der Waals surface area (Å²) in [6, 6.07) is 2.76. The van der Waals surface area contributed by atoms with Crippen molar-refractivity contribution < 1.29 is 27.6 Å². The fourth-order valence-corrected chi connectivity index (χ4v) is 5.97. The molecular formula is C21H28N4O7S. The molecule has 33 heavy (non-hydrogen) atoms. The Bertz CT molecular complexity index is 1030. The van der Waals surface area contributed by atoms with E-state index < -0.39 is 15.1 Å². The van der Waals surface area contributed by atoms with Crippen molar-refractivity contribution in [2.24, 2.45) is 0 Å². The van der Waals surface area contributed by atoms with Crippen LogP contribution in [0.3, 0.4) is 0 Å². The molecule has 0 radical (unpaired) electrons. The van der Waals surface area contributed by atoms with E-state index in [0.29, 0.717) is 30.0 Å². The molecule has 0 unspecified atom stereocenters. The quantitative estimate of drug-likeness (QED) is 0.357. The largest absolute Gasteiger partial charge is 0.467 e. The van der Waals surface area contributed by atoms with Crippen molar-refractivity contribution in [3.63, 3.8) is 0 Å². The number of non-ortho nitro benzene ring substituents is 1. The Balaban J connectivity index is 1.40. The molecule has 3 aliphatic rings. The Labute approximate surface area is 192 Å². The molecule has 0 atom stereocenters.